The molecule has 1 aliphatic heterocycles. The first kappa shape index (κ1) is 17.7. The quantitative estimate of drug-likeness (QED) is 0.711. The van der Waals surface area contributed by atoms with Gasteiger partial charge < -0.3 is 10.0 Å². The van der Waals surface area contributed by atoms with Crippen LogP contribution in [0.3, 0.4) is 0 Å². The van der Waals surface area contributed by atoms with Crippen LogP contribution in [0.2, 0.25) is 0 Å². The number of fused-ring (bicyclic) bond motifs is 1. The van der Waals surface area contributed by atoms with Crippen LogP contribution >= 0.6 is 0 Å². The van der Waals surface area contributed by atoms with Crippen LogP contribution in [-0.4, -0.2) is 43.5 Å². The molecule has 2 aromatic heterocycles. The summed E-state index contributed by atoms with van der Waals surface area (Å²) in [6.07, 6.45) is 8.50. The largest absolute Gasteiger partial charge is 0.390 e. The average molecular weight is 412 g/mol. The number of aliphatic hydroxyl groups is 1. The first-order valence-corrected chi connectivity index (χ1v) is 11.1. The number of nitriles is 1. The summed E-state index contributed by atoms with van der Waals surface area (Å²) in [5.74, 6) is 1.64. The summed E-state index contributed by atoms with van der Waals surface area (Å²) in [4.78, 5) is 11.2. The number of hydrogen-bond donors (Lipinski definition) is 1. The Hall–Kier alpha value is -2.98. The number of nitrogens with zero attached hydrogens (tertiary/aromatic N) is 6. The van der Waals surface area contributed by atoms with E-state index in [9.17, 15) is 10.4 Å². The van der Waals surface area contributed by atoms with Crippen molar-refractivity contribution in [3.05, 3.63) is 42.4 Å². The Morgan fingerprint density at radius 3 is 2.52 bits per heavy atom. The molecule has 1 aromatic carbocycles. The molecule has 1 saturated heterocycles. The highest BCUT2D eigenvalue weighted by molar-refractivity contribution is 5.82. The topological polar surface area (TPSA) is 90.9 Å². The fraction of sp³-hybridized carbons (Fsp3) is 0.500. The van der Waals surface area contributed by atoms with Gasteiger partial charge in [0.2, 0.25) is 0 Å². The molecule has 4 fully saturated rings. The van der Waals surface area contributed by atoms with E-state index in [0.717, 1.165) is 60.5 Å². The van der Waals surface area contributed by atoms with E-state index >= 15 is 0 Å². The van der Waals surface area contributed by atoms with Crippen molar-refractivity contribution in [1.29, 1.82) is 5.26 Å². The minimum absolute atomic E-state index is 0.238. The van der Waals surface area contributed by atoms with Gasteiger partial charge in [0.15, 0.2) is 5.82 Å². The molecule has 3 saturated carbocycles. The van der Waals surface area contributed by atoms with Crippen molar-refractivity contribution in [2.24, 2.45) is 10.8 Å². The maximum atomic E-state index is 10.1. The summed E-state index contributed by atoms with van der Waals surface area (Å²) in [5.41, 5.74) is 1.75. The van der Waals surface area contributed by atoms with Gasteiger partial charge in [0, 0.05) is 30.0 Å². The van der Waals surface area contributed by atoms with Crippen LogP contribution in [0.1, 0.15) is 44.6 Å². The number of hydrogen-bond acceptors (Lipinski definition) is 6. The first-order valence-electron chi connectivity index (χ1n) is 11.1. The van der Waals surface area contributed by atoms with E-state index in [0.29, 0.717) is 0 Å². The number of anilines is 1. The van der Waals surface area contributed by atoms with Gasteiger partial charge >= 0.3 is 0 Å². The zero-order chi connectivity index (χ0) is 21.1. The molecule has 4 aliphatic rings. The predicted molar refractivity (Wildman–Crippen MR) is 115 cm³/mol. The van der Waals surface area contributed by atoms with Gasteiger partial charge in [0.05, 0.1) is 28.8 Å². The fourth-order valence-electron chi connectivity index (χ4n) is 6.65. The monoisotopic (exact) mass is 412 g/mol. The molecule has 1 N–H and O–H groups in total. The number of rotatable bonds is 3. The van der Waals surface area contributed by atoms with E-state index in [-0.39, 0.29) is 16.2 Å². The second kappa shape index (κ2) is 5.25. The predicted octanol–water partition coefficient (Wildman–Crippen LogP) is 3.11. The van der Waals surface area contributed by atoms with Crippen LogP contribution in [-0.2, 0) is 5.41 Å². The molecule has 3 heterocycles. The van der Waals surface area contributed by atoms with Crippen molar-refractivity contribution in [3.8, 4) is 11.9 Å². The fourth-order valence-corrected chi connectivity index (χ4v) is 6.65. The standard InChI is InChI=1S/C24H24N6O/c1-21(31)9-22(10-21)13-29(14-22)19-7-20(27-15-26-19)30-18-6-17(3-2-16(18)8-28-30)24(12-25)11-23(24)4-5-23/h2-3,6-8,15,31H,4-5,9-11,13-14H2,1H3/t24-/m0/s1. The molecule has 7 nitrogen and oxygen atoms in total. The lowest BCUT2D eigenvalue weighted by atomic mass is 9.56. The highest BCUT2D eigenvalue weighted by Crippen LogP contribution is 2.78. The van der Waals surface area contributed by atoms with Crippen molar-refractivity contribution in [3.63, 3.8) is 0 Å². The van der Waals surface area contributed by atoms with E-state index in [1.165, 1.54) is 12.8 Å². The van der Waals surface area contributed by atoms with Crippen LogP contribution in [0.25, 0.3) is 16.7 Å². The average Bonchev–Trinajstić information content (AvgIpc) is 3.59. The lowest BCUT2D eigenvalue weighted by molar-refractivity contribution is -0.126. The van der Waals surface area contributed by atoms with Gasteiger partial charge in [-0.05, 0) is 56.1 Å². The first-order chi connectivity index (χ1) is 14.9. The Morgan fingerprint density at radius 2 is 1.84 bits per heavy atom. The summed E-state index contributed by atoms with van der Waals surface area (Å²) >= 11 is 0. The van der Waals surface area contributed by atoms with Gasteiger partial charge in [-0.25, -0.2) is 14.6 Å². The smallest absolute Gasteiger partial charge is 0.159 e. The normalized spacial score (nSPS) is 28.2. The van der Waals surface area contributed by atoms with Crippen LogP contribution in [0.4, 0.5) is 5.82 Å². The molecule has 0 amide bonds. The molecule has 2 spiro atoms. The highest BCUT2D eigenvalue weighted by atomic mass is 16.3. The molecular weight excluding hydrogens is 388 g/mol. The lowest BCUT2D eigenvalue weighted by Crippen LogP contribution is -2.67. The molecule has 156 valence electrons. The summed E-state index contributed by atoms with van der Waals surface area (Å²) < 4.78 is 1.86. The Balaban J connectivity index is 1.21. The zero-order valence-corrected chi connectivity index (χ0v) is 17.5. The Morgan fingerprint density at radius 1 is 1.06 bits per heavy atom. The van der Waals surface area contributed by atoms with Crippen molar-refractivity contribution in [2.45, 2.75) is 50.0 Å². The van der Waals surface area contributed by atoms with Crippen LogP contribution in [0.5, 0.6) is 0 Å². The van der Waals surface area contributed by atoms with Gasteiger partial charge in [-0.2, -0.15) is 10.4 Å². The van der Waals surface area contributed by atoms with Crippen LogP contribution in [0.15, 0.2) is 36.8 Å². The molecule has 0 unspecified atom stereocenters. The van der Waals surface area contributed by atoms with Crippen molar-refractivity contribution in [1.82, 2.24) is 19.7 Å². The molecule has 3 aromatic rings. The Labute approximate surface area is 180 Å². The maximum Gasteiger partial charge on any atom is 0.159 e. The van der Waals surface area contributed by atoms with Crippen LogP contribution in [0, 0.1) is 22.2 Å². The maximum absolute atomic E-state index is 10.1. The van der Waals surface area contributed by atoms with E-state index < -0.39 is 5.60 Å². The minimum atomic E-state index is -0.504. The molecule has 1 atom stereocenters. The second-order valence-electron chi connectivity index (χ2n) is 10.7. The van der Waals surface area contributed by atoms with Crippen molar-refractivity contribution in [2.75, 3.05) is 18.0 Å². The SMILES string of the molecule is CC1(O)CC2(CN(c3cc(-n4ncc5ccc([C@@]6(C#N)CC67CC7)cc54)ncn3)C2)C1. The minimum Gasteiger partial charge on any atom is -0.390 e. The summed E-state index contributed by atoms with van der Waals surface area (Å²) in [6.45, 7) is 3.77. The highest BCUT2D eigenvalue weighted by Gasteiger charge is 2.75. The lowest BCUT2D eigenvalue weighted by Gasteiger charge is -2.61. The van der Waals surface area contributed by atoms with Gasteiger partial charge in [0.25, 0.3) is 0 Å². The van der Waals surface area contributed by atoms with Gasteiger partial charge in [0.1, 0.15) is 12.1 Å². The van der Waals surface area contributed by atoms with E-state index in [2.05, 4.69) is 44.2 Å². The molecule has 7 heteroatoms. The van der Waals surface area contributed by atoms with E-state index in [4.69, 9.17) is 0 Å². The third-order valence-corrected chi connectivity index (χ3v) is 8.24. The Bertz CT molecular complexity index is 1280. The van der Waals surface area contributed by atoms with Gasteiger partial charge in [-0.1, -0.05) is 12.1 Å². The number of benzene rings is 1. The second-order valence-corrected chi connectivity index (χ2v) is 10.7. The van der Waals surface area contributed by atoms with E-state index in [1.54, 1.807) is 6.33 Å². The molecular formula is C24H24N6O. The van der Waals surface area contributed by atoms with E-state index in [1.807, 2.05) is 23.9 Å². The Kier molecular flexibility index (Phi) is 2.99. The number of aromatic nitrogens is 4. The van der Waals surface area contributed by atoms with Crippen molar-refractivity contribution >= 4 is 16.7 Å². The summed E-state index contributed by atoms with van der Waals surface area (Å²) in [5, 5.41) is 25.7. The van der Waals surface area contributed by atoms with Crippen molar-refractivity contribution < 1.29 is 5.11 Å². The van der Waals surface area contributed by atoms with Gasteiger partial charge in [-0.3, -0.25) is 0 Å². The zero-order valence-electron chi connectivity index (χ0n) is 17.5. The molecule has 7 rings (SSSR count). The summed E-state index contributed by atoms with van der Waals surface area (Å²) in [7, 11) is 0. The van der Waals surface area contributed by atoms with Gasteiger partial charge in [-0.15, -0.1) is 0 Å². The molecule has 3 aliphatic carbocycles. The molecule has 0 radical (unpaired) electrons. The molecule has 0 bridgehead atoms. The summed E-state index contributed by atoms with van der Waals surface area (Å²) in [6, 6.07) is 10.9. The molecule has 31 heavy (non-hydrogen) atoms. The third kappa shape index (κ3) is 2.29. The van der Waals surface area contributed by atoms with Crippen LogP contribution < -0.4 is 4.90 Å². The third-order valence-electron chi connectivity index (χ3n) is 8.24.